The Bertz CT molecular complexity index is 19.5. The van der Waals surface area contributed by atoms with Crippen LogP contribution in [0.4, 0.5) is 0 Å². The first kappa shape index (κ1) is 6.18. The summed E-state index contributed by atoms with van der Waals surface area (Å²) in [5.74, 6) is 0. The van der Waals surface area contributed by atoms with Crippen LogP contribution in [0.15, 0.2) is 0 Å². The van der Waals surface area contributed by atoms with Gasteiger partial charge in [-0.15, -0.1) is 0 Å². The molecule has 0 atom stereocenters. The van der Waals surface area contributed by atoms with E-state index < -0.39 is 0 Å². The van der Waals surface area contributed by atoms with Gasteiger partial charge >= 0.3 is 0 Å². The number of rotatable bonds is 3. The van der Waals surface area contributed by atoms with E-state index in [9.17, 15) is 0 Å². The van der Waals surface area contributed by atoms with Gasteiger partial charge in [0.05, 0.1) is 9.52 Å². The maximum atomic E-state index is 8.26. The fourth-order valence-corrected chi connectivity index (χ4v) is 1.09. The fourth-order valence-electron chi connectivity index (χ4n) is 0.362. The van der Waals surface area contributed by atoms with E-state index >= 15 is 0 Å². The Morgan fingerprint density at radius 1 is 1.67 bits per heavy atom. The summed E-state index contributed by atoms with van der Waals surface area (Å²) in [4.78, 5) is 0. The topological polar surface area (TPSA) is 20.2 Å². The van der Waals surface area contributed by atoms with E-state index in [1.807, 2.05) is 0 Å². The molecule has 1 N–H and O–H groups in total. The molecule has 0 aromatic rings. The van der Waals surface area contributed by atoms with Gasteiger partial charge in [-0.25, -0.2) is 0 Å². The van der Waals surface area contributed by atoms with E-state index in [2.05, 4.69) is 6.92 Å². The Morgan fingerprint density at radius 2 is 2.33 bits per heavy atom. The van der Waals surface area contributed by atoms with Crippen LogP contribution >= 0.6 is 0 Å². The van der Waals surface area contributed by atoms with E-state index in [0.29, 0.717) is 6.23 Å². The molecule has 38 valence electrons. The van der Waals surface area contributed by atoms with Crippen molar-refractivity contribution in [2.75, 3.05) is 6.23 Å². The van der Waals surface area contributed by atoms with Gasteiger partial charge in [0, 0.05) is 6.23 Å². The molecule has 0 amide bonds. The molecule has 0 unspecified atom stereocenters. The van der Waals surface area contributed by atoms with Crippen LogP contribution in [-0.2, 0) is 0 Å². The minimum Gasteiger partial charge on any atom is -0.400 e. The zero-order valence-corrected chi connectivity index (χ0v) is 5.69. The molecule has 0 aliphatic rings. The number of hydrogen-bond acceptors (Lipinski definition) is 1. The highest BCUT2D eigenvalue weighted by Crippen LogP contribution is 1.81. The molecule has 0 aromatic carbocycles. The van der Waals surface area contributed by atoms with Gasteiger partial charge in [0.25, 0.3) is 0 Å². The standard InChI is InChI=1S/C4H12OSi/c1-2-3-6-4-5/h5H,2-4,6H2,1H3. The second-order valence-corrected chi connectivity index (χ2v) is 3.29. The molecule has 0 saturated carbocycles. The van der Waals surface area contributed by atoms with Crippen LogP contribution in [-0.4, -0.2) is 20.9 Å². The third-order valence-electron chi connectivity index (χ3n) is 0.762. The lowest BCUT2D eigenvalue weighted by Crippen LogP contribution is -1.93. The van der Waals surface area contributed by atoms with Gasteiger partial charge in [0.15, 0.2) is 0 Å². The van der Waals surface area contributed by atoms with E-state index in [0.717, 1.165) is 0 Å². The predicted molar refractivity (Wildman–Crippen MR) is 30.7 cm³/mol. The molecule has 0 bridgehead atoms. The van der Waals surface area contributed by atoms with Gasteiger partial charge in [0.2, 0.25) is 0 Å². The molecule has 6 heavy (non-hydrogen) atoms. The van der Waals surface area contributed by atoms with Crippen molar-refractivity contribution in [2.45, 2.75) is 19.4 Å². The third kappa shape index (κ3) is 4.18. The Balaban J connectivity index is 2.34. The van der Waals surface area contributed by atoms with Crippen LogP contribution < -0.4 is 0 Å². The monoisotopic (exact) mass is 104 g/mol. The van der Waals surface area contributed by atoms with E-state index in [1.54, 1.807) is 0 Å². The van der Waals surface area contributed by atoms with Crippen LogP contribution in [0.3, 0.4) is 0 Å². The first-order chi connectivity index (χ1) is 2.91. The van der Waals surface area contributed by atoms with Crippen molar-refractivity contribution in [1.29, 1.82) is 0 Å². The highest BCUT2D eigenvalue weighted by atomic mass is 28.2. The minimum absolute atomic E-state index is 0.0228. The largest absolute Gasteiger partial charge is 0.400 e. The molecule has 0 radical (unpaired) electrons. The van der Waals surface area contributed by atoms with Crippen molar-refractivity contribution >= 4 is 9.52 Å². The van der Waals surface area contributed by atoms with Crippen LogP contribution in [0.25, 0.3) is 0 Å². The molecule has 0 saturated heterocycles. The summed E-state index contributed by atoms with van der Waals surface area (Å²) in [5, 5.41) is 8.26. The molecule has 0 aromatic heterocycles. The zero-order chi connectivity index (χ0) is 4.83. The second-order valence-electron chi connectivity index (χ2n) is 1.43. The van der Waals surface area contributed by atoms with Crippen LogP contribution in [0.5, 0.6) is 0 Å². The smallest absolute Gasteiger partial charge is 0.0512 e. The van der Waals surface area contributed by atoms with Crippen molar-refractivity contribution in [3.63, 3.8) is 0 Å². The van der Waals surface area contributed by atoms with Crippen molar-refractivity contribution < 1.29 is 5.11 Å². The minimum atomic E-state index is -0.0228. The third-order valence-corrected chi connectivity index (χ3v) is 2.29. The molecular formula is C4H12OSi. The van der Waals surface area contributed by atoms with Crippen LogP contribution in [0.2, 0.25) is 6.04 Å². The summed E-state index contributed by atoms with van der Waals surface area (Å²) < 4.78 is 0. The zero-order valence-electron chi connectivity index (χ0n) is 4.28. The van der Waals surface area contributed by atoms with Gasteiger partial charge in [-0.3, -0.25) is 0 Å². The molecule has 1 nitrogen and oxygen atoms in total. The summed E-state index contributed by atoms with van der Waals surface area (Å²) in [6.45, 7) is 2.16. The van der Waals surface area contributed by atoms with E-state index in [4.69, 9.17) is 5.11 Å². The molecule has 0 heterocycles. The molecule has 0 rings (SSSR count). The summed E-state index contributed by atoms with van der Waals surface area (Å²) in [5.41, 5.74) is 0. The van der Waals surface area contributed by atoms with Gasteiger partial charge < -0.3 is 5.11 Å². The summed E-state index contributed by atoms with van der Waals surface area (Å²) in [6.07, 6.45) is 1.75. The molecule has 0 aliphatic carbocycles. The lowest BCUT2D eigenvalue weighted by molar-refractivity contribution is 0.365. The van der Waals surface area contributed by atoms with Crippen molar-refractivity contribution in [3.8, 4) is 0 Å². The fraction of sp³-hybridized carbons (Fsp3) is 1.00. The Morgan fingerprint density at radius 3 is 2.50 bits per heavy atom. The van der Waals surface area contributed by atoms with Crippen molar-refractivity contribution in [3.05, 3.63) is 0 Å². The Hall–Kier alpha value is 0.177. The number of aliphatic hydroxyl groups excluding tert-OH is 1. The molecule has 0 spiro atoms. The average molecular weight is 104 g/mol. The Kier molecular flexibility index (Phi) is 5.33. The average Bonchev–Trinajstić information content (AvgIpc) is 1.61. The molecular weight excluding hydrogens is 92.1 g/mol. The molecule has 0 aliphatic heterocycles. The summed E-state index contributed by atoms with van der Waals surface area (Å²) in [6, 6.07) is 1.30. The number of hydrogen-bond donors (Lipinski definition) is 1. The van der Waals surface area contributed by atoms with Gasteiger partial charge in [-0.1, -0.05) is 19.4 Å². The number of aliphatic hydroxyl groups is 1. The first-order valence-corrected chi connectivity index (χ1v) is 4.52. The SMILES string of the molecule is CCC[SiH2]CO. The Labute approximate surface area is 41.2 Å². The highest BCUT2D eigenvalue weighted by molar-refractivity contribution is 6.34. The molecule has 2 heteroatoms. The molecule has 0 fully saturated rings. The second kappa shape index (κ2) is 5.18. The van der Waals surface area contributed by atoms with Crippen molar-refractivity contribution in [1.82, 2.24) is 0 Å². The van der Waals surface area contributed by atoms with E-state index in [-0.39, 0.29) is 9.52 Å². The first-order valence-electron chi connectivity index (χ1n) is 2.52. The normalized spacial score (nSPS) is 11.0. The lowest BCUT2D eigenvalue weighted by atomic mass is 10.6. The maximum Gasteiger partial charge on any atom is 0.0512 e. The van der Waals surface area contributed by atoms with Crippen LogP contribution in [0, 0.1) is 0 Å². The predicted octanol–water partition coefficient (Wildman–Crippen LogP) is -0.0667. The van der Waals surface area contributed by atoms with Gasteiger partial charge in [-0.2, -0.15) is 0 Å². The summed E-state index contributed by atoms with van der Waals surface area (Å²) >= 11 is 0. The summed E-state index contributed by atoms with van der Waals surface area (Å²) in [7, 11) is -0.0228. The van der Waals surface area contributed by atoms with Gasteiger partial charge in [-0.05, 0) is 0 Å². The van der Waals surface area contributed by atoms with Gasteiger partial charge in [0.1, 0.15) is 0 Å². The lowest BCUT2D eigenvalue weighted by Gasteiger charge is -1.84. The van der Waals surface area contributed by atoms with E-state index in [1.165, 1.54) is 12.5 Å². The van der Waals surface area contributed by atoms with Crippen LogP contribution in [0.1, 0.15) is 13.3 Å². The highest BCUT2D eigenvalue weighted by Gasteiger charge is 1.78. The quantitative estimate of drug-likeness (QED) is 0.392. The maximum absolute atomic E-state index is 8.26. The van der Waals surface area contributed by atoms with Crippen molar-refractivity contribution in [2.24, 2.45) is 0 Å².